The zero-order valence-electron chi connectivity index (χ0n) is 23.2. The van der Waals surface area contributed by atoms with Gasteiger partial charge in [0.1, 0.15) is 22.8 Å². The predicted octanol–water partition coefficient (Wildman–Crippen LogP) is 6.01. The Morgan fingerprint density at radius 1 is 0.949 bits per heavy atom. The zero-order chi connectivity index (χ0) is 27.1. The predicted molar refractivity (Wildman–Crippen MR) is 154 cm³/mol. The highest BCUT2D eigenvalue weighted by Crippen LogP contribution is 2.71. The van der Waals surface area contributed by atoms with Gasteiger partial charge in [0.25, 0.3) is 12.6 Å². The molecule has 0 spiro atoms. The van der Waals surface area contributed by atoms with Crippen LogP contribution in [-0.2, 0) is 15.6 Å². The smallest absolute Gasteiger partial charge is 0.293 e. The molecule has 4 aromatic rings. The van der Waals surface area contributed by atoms with E-state index in [1.807, 2.05) is 6.34 Å². The van der Waals surface area contributed by atoms with Gasteiger partial charge in [-0.3, -0.25) is 0 Å². The highest BCUT2D eigenvalue weighted by molar-refractivity contribution is 6.12. The topological polar surface area (TPSA) is 54.1 Å². The highest BCUT2D eigenvalue weighted by atomic mass is 16.6. The van der Waals surface area contributed by atoms with Crippen LogP contribution in [0.15, 0.2) is 71.7 Å². The Bertz CT molecular complexity index is 1830. The van der Waals surface area contributed by atoms with Crippen LogP contribution >= 0.6 is 0 Å². The normalized spacial score (nSPS) is 31.9. The summed E-state index contributed by atoms with van der Waals surface area (Å²) < 4.78 is 14.7. The largest absolute Gasteiger partial charge is 0.447 e. The maximum Gasteiger partial charge on any atom is 0.293 e. The Labute approximate surface area is 228 Å². The van der Waals surface area contributed by atoms with E-state index in [1.54, 1.807) is 7.11 Å². The maximum atomic E-state index is 12.2. The highest BCUT2D eigenvalue weighted by Gasteiger charge is 2.92. The van der Waals surface area contributed by atoms with Crippen molar-refractivity contribution in [1.82, 2.24) is 0 Å². The van der Waals surface area contributed by atoms with Crippen molar-refractivity contribution in [2.75, 3.05) is 7.11 Å². The number of methoxy groups -OCH3 is 1. The minimum atomic E-state index is -1.40. The number of aliphatic imine (C=N–C) groups is 1. The first kappa shape index (κ1) is 23.4. The van der Waals surface area contributed by atoms with Crippen molar-refractivity contribution >= 4 is 33.6 Å². The Kier molecular flexibility index (Phi) is 4.17. The minimum Gasteiger partial charge on any atom is -0.447 e. The number of rotatable bonds is 1. The van der Waals surface area contributed by atoms with Crippen LogP contribution < -0.4 is 4.74 Å². The summed E-state index contributed by atoms with van der Waals surface area (Å²) in [5.74, 6) is -0.622. The van der Waals surface area contributed by atoms with E-state index in [0.29, 0.717) is 0 Å². The lowest BCUT2D eigenvalue weighted by atomic mass is 9.72. The number of nitrogens with zero attached hydrogens (tertiary/aromatic N) is 2. The van der Waals surface area contributed by atoms with Gasteiger partial charge in [-0.25, -0.2) is 4.58 Å². The molecule has 1 N–H and O–H groups in total. The van der Waals surface area contributed by atoms with Gasteiger partial charge < -0.3 is 14.6 Å². The average Bonchev–Trinajstić information content (AvgIpc) is 3.15. The van der Waals surface area contributed by atoms with Crippen molar-refractivity contribution in [3.8, 4) is 5.75 Å². The molecular formula is C34H33N2O3+. The van der Waals surface area contributed by atoms with Crippen LogP contribution in [0.3, 0.4) is 0 Å². The van der Waals surface area contributed by atoms with Crippen LogP contribution in [0.4, 0.5) is 0 Å². The quantitative estimate of drug-likeness (QED) is 0.248. The van der Waals surface area contributed by atoms with Crippen LogP contribution in [0.25, 0.3) is 21.5 Å². The number of aliphatic hydroxyl groups is 1. The lowest BCUT2D eigenvalue weighted by Crippen LogP contribution is -2.49. The third-order valence-electron chi connectivity index (χ3n) is 10.3. The van der Waals surface area contributed by atoms with Gasteiger partial charge in [0.05, 0.1) is 0 Å². The molecule has 0 saturated heterocycles. The first-order valence-electron chi connectivity index (χ1n) is 13.8. The molecule has 1 fully saturated rings. The Balaban J connectivity index is 1.51. The summed E-state index contributed by atoms with van der Waals surface area (Å²) in [6.07, 6.45) is 1.52. The molecule has 0 amide bonds. The standard InChI is InChI=1S/C34H33N2O3/c1-31(2,3)25-17-24-28(22-14-10-9-13-21(22)25)32(4)33(5,34(32,37)38-6)36-18-35-30-27(29(24)36)23-15-19-11-7-8-12-20(19)16-26(23)39-30/h7-18,27,30,37H,1-6H3/q+1. The van der Waals surface area contributed by atoms with Crippen molar-refractivity contribution in [1.29, 1.82) is 0 Å². The summed E-state index contributed by atoms with van der Waals surface area (Å²) >= 11 is 0. The molecule has 8 rings (SSSR count). The van der Waals surface area contributed by atoms with Crippen molar-refractivity contribution < 1.29 is 19.2 Å². The number of ether oxygens (including phenoxy) is 2. The van der Waals surface area contributed by atoms with E-state index in [2.05, 4.69) is 106 Å². The van der Waals surface area contributed by atoms with Gasteiger partial charge in [-0.1, -0.05) is 69.3 Å². The van der Waals surface area contributed by atoms with Gasteiger partial charge in [-0.15, -0.1) is 0 Å². The first-order chi connectivity index (χ1) is 18.6. The molecule has 4 aromatic carbocycles. The van der Waals surface area contributed by atoms with Crippen molar-refractivity contribution in [2.45, 2.75) is 68.9 Å². The molecule has 5 atom stereocenters. The number of benzene rings is 4. The Morgan fingerprint density at radius 3 is 2.31 bits per heavy atom. The average molecular weight is 518 g/mol. The maximum absolute atomic E-state index is 12.2. The fourth-order valence-electron chi connectivity index (χ4n) is 8.11. The second kappa shape index (κ2) is 6.96. The first-order valence-corrected chi connectivity index (χ1v) is 13.8. The zero-order valence-corrected chi connectivity index (χ0v) is 23.2. The third kappa shape index (κ3) is 2.46. The lowest BCUT2D eigenvalue weighted by molar-refractivity contribution is -0.490. The van der Waals surface area contributed by atoms with Crippen LogP contribution in [0, 0.1) is 0 Å². The monoisotopic (exact) mass is 517 g/mol. The minimum absolute atomic E-state index is 0.0781. The molecular weight excluding hydrogens is 484 g/mol. The molecule has 4 aliphatic rings. The van der Waals surface area contributed by atoms with E-state index in [0.717, 1.165) is 33.5 Å². The van der Waals surface area contributed by atoms with Gasteiger partial charge in [-0.2, -0.15) is 0 Å². The summed E-state index contributed by atoms with van der Waals surface area (Å²) in [6.45, 7) is 11.1. The van der Waals surface area contributed by atoms with Crippen molar-refractivity contribution in [3.05, 3.63) is 89.0 Å². The van der Waals surface area contributed by atoms with E-state index in [-0.39, 0.29) is 17.6 Å². The molecule has 1 aliphatic carbocycles. The molecule has 39 heavy (non-hydrogen) atoms. The molecule has 0 aromatic heterocycles. The molecule has 0 bridgehead atoms. The summed E-state index contributed by atoms with van der Waals surface area (Å²) in [6, 6.07) is 23.8. The van der Waals surface area contributed by atoms with Crippen LogP contribution in [0.2, 0.25) is 0 Å². The summed E-state index contributed by atoms with van der Waals surface area (Å²) in [5.41, 5.74) is 4.36. The summed E-state index contributed by atoms with van der Waals surface area (Å²) in [7, 11) is 1.61. The van der Waals surface area contributed by atoms with E-state index in [4.69, 9.17) is 14.5 Å². The van der Waals surface area contributed by atoms with E-state index >= 15 is 0 Å². The fraction of sp³-hybridized carbons (Fsp3) is 0.353. The molecule has 0 radical (unpaired) electrons. The van der Waals surface area contributed by atoms with Gasteiger partial charge >= 0.3 is 0 Å². The molecule has 3 aliphatic heterocycles. The number of hydrogen-bond acceptors (Lipinski definition) is 4. The third-order valence-corrected chi connectivity index (χ3v) is 10.3. The van der Waals surface area contributed by atoms with Crippen LogP contribution in [-0.4, -0.2) is 46.4 Å². The van der Waals surface area contributed by atoms with Crippen molar-refractivity contribution in [3.63, 3.8) is 0 Å². The molecule has 1 saturated carbocycles. The molecule has 5 heteroatoms. The van der Waals surface area contributed by atoms with Crippen LogP contribution in [0.5, 0.6) is 5.75 Å². The van der Waals surface area contributed by atoms with Crippen molar-refractivity contribution in [2.24, 2.45) is 4.99 Å². The molecule has 196 valence electrons. The molecule has 5 unspecified atom stereocenters. The van der Waals surface area contributed by atoms with Gasteiger partial charge in [0, 0.05) is 18.2 Å². The van der Waals surface area contributed by atoms with E-state index < -0.39 is 16.7 Å². The Hall–Kier alpha value is -3.54. The van der Waals surface area contributed by atoms with Gasteiger partial charge in [0.2, 0.25) is 5.79 Å². The van der Waals surface area contributed by atoms with Crippen LogP contribution in [0.1, 0.15) is 62.8 Å². The molecule has 3 heterocycles. The summed E-state index contributed by atoms with van der Waals surface area (Å²) in [4.78, 5) is 4.93. The molecule has 5 nitrogen and oxygen atoms in total. The summed E-state index contributed by atoms with van der Waals surface area (Å²) in [5, 5.41) is 16.9. The fourth-order valence-corrected chi connectivity index (χ4v) is 8.11. The Morgan fingerprint density at radius 2 is 1.62 bits per heavy atom. The second-order valence-corrected chi connectivity index (χ2v) is 12.9. The lowest BCUT2D eigenvalue weighted by Gasteiger charge is -2.34. The number of hydrogen-bond donors (Lipinski definition) is 1. The van der Waals surface area contributed by atoms with Gasteiger partial charge in [-0.05, 0) is 75.1 Å². The second-order valence-electron chi connectivity index (χ2n) is 12.9. The number of fused-ring (bicyclic) bond motifs is 12. The SMILES string of the molecule is COC1(O)C2(C)c3c(cc(C(C)(C)C)c4ccccc34)C3=[N+](C=NC4Oc5cc6ccccc6cc5C34)C12C. The van der Waals surface area contributed by atoms with E-state index in [1.165, 1.54) is 21.7 Å². The van der Waals surface area contributed by atoms with E-state index in [9.17, 15) is 5.11 Å². The van der Waals surface area contributed by atoms with Gasteiger partial charge in [0.15, 0.2) is 5.54 Å².